The van der Waals surface area contributed by atoms with Crippen LogP contribution < -0.4 is 10.1 Å². The quantitative estimate of drug-likeness (QED) is 0.672. The zero-order valence-corrected chi connectivity index (χ0v) is 14.5. The maximum Gasteiger partial charge on any atom is 0.257 e. The molecule has 2 aromatic heterocycles. The minimum Gasteiger partial charge on any atom is -0.484 e. The minimum absolute atomic E-state index is 0.0256. The van der Waals surface area contributed by atoms with Crippen LogP contribution in [0.1, 0.15) is 23.4 Å². The summed E-state index contributed by atoms with van der Waals surface area (Å²) in [6.07, 6.45) is 3.50. The first kappa shape index (κ1) is 17.0. The number of hydrogen-bond donors (Lipinski definition) is 1. The third-order valence-corrected chi connectivity index (χ3v) is 3.97. The molecule has 130 valence electrons. The normalized spacial score (nSPS) is 10.8. The molecule has 3 rings (SSSR count). The van der Waals surface area contributed by atoms with E-state index in [1.54, 1.807) is 0 Å². The molecule has 0 aliphatic rings. The summed E-state index contributed by atoms with van der Waals surface area (Å²) < 4.78 is 7.54. The van der Waals surface area contributed by atoms with Gasteiger partial charge in [0, 0.05) is 19.2 Å². The molecule has 0 saturated carbocycles. The Morgan fingerprint density at radius 2 is 2.08 bits per heavy atom. The number of carbonyl (C=O) groups is 1. The summed E-state index contributed by atoms with van der Waals surface area (Å²) in [5.74, 6) is 1.53. The number of amides is 1. The van der Waals surface area contributed by atoms with Crippen LogP contribution in [0.15, 0.2) is 42.6 Å². The Hall–Kier alpha value is -2.89. The number of pyridine rings is 1. The van der Waals surface area contributed by atoms with Crippen LogP contribution in [-0.4, -0.2) is 33.7 Å². The van der Waals surface area contributed by atoms with E-state index in [0.717, 1.165) is 35.6 Å². The molecule has 0 unspecified atom stereocenters. The minimum atomic E-state index is -0.119. The Kier molecular flexibility index (Phi) is 5.28. The highest BCUT2D eigenvalue weighted by molar-refractivity contribution is 5.77. The van der Waals surface area contributed by atoms with Crippen LogP contribution >= 0.6 is 0 Å². The fourth-order valence-corrected chi connectivity index (χ4v) is 2.69. The lowest BCUT2D eigenvalue weighted by Gasteiger charge is -2.10. The topological polar surface area (TPSA) is 68.5 Å². The van der Waals surface area contributed by atoms with Gasteiger partial charge in [-0.1, -0.05) is 23.8 Å². The zero-order chi connectivity index (χ0) is 17.6. The summed E-state index contributed by atoms with van der Waals surface area (Å²) in [5, 5.41) is 11.2. The molecule has 1 amide bonds. The molecule has 0 spiro atoms. The predicted octanol–water partition coefficient (Wildman–Crippen LogP) is 2.47. The number of carbonyl (C=O) groups excluding carboxylic acids is 1. The van der Waals surface area contributed by atoms with Crippen molar-refractivity contribution in [3.8, 4) is 5.75 Å². The Morgan fingerprint density at radius 3 is 2.92 bits per heavy atom. The largest absolute Gasteiger partial charge is 0.484 e. The van der Waals surface area contributed by atoms with Crippen LogP contribution in [0, 0.1) is 13.8 Å². The van der Waals surface area contributed by atoms with Crippen LogP contribution in [-0.2, 0) is 11.2 Å². The molecule has 1 N–H and O–H groups in total. The van der Waals surface area contributed by atoms with Gasteiger partial charge in [0.1, 0.15) is 11.6 Å². The second kappa shape index (κ2) is 7.79. The number of benzene rings is 1. The Balaban J connectivity index is 1.40. The van der Waals surface area contributed by atoms with E-state index in [-0.39, 0.29) is 12.5 Å². The van der Waals surface area contributed by atoms with Crippen molar-refractivity contribution in [2.45, 2.75) is 26.7 Å². The van der Waals surface area contributed by atoms with Crippen LogP contribution in [0.5, 0.6) is 5.75 Å². The molecule has 0 fully saturated rings. The number of aryl methyl sites for hydroxylation is 3. The molecule has 1 aromatic carbocycles. The summed E-state index contributed by atoms with van der Waals surface area (Å²) in [6, 6.07) is 11.7. The van der Waals surface area contributed by atoms with Crippen molar-refractivity contribution in [2.24, 2.45) is 0 Å². The number of aromatic nitrogens is 3. The lowest BCUT2D eigenvalue weighted by atomic mass is 10.1. The van der Waals surface area contributed by atoms with Crippen LogP contribution in [0.2, 0.25) is 0 Å². The number of hydrogen-bond acceptors (Lipinski definition) is 4. The molecule has 0 aliphatic carbocycles. The zero-order valence-electron chi connectivity index (χ0n) is 14.5. The number of ether oxygens (including phenoxy) is 1. The van der Waals surface area contributed by atoms with E-state index in [4.69, 9.17) is 4.74 Å². The molecule has 0 aliphatic heterocycles. The first-order valence-corrected chi connectivity index (χ1v) is 8.39. The average Bonchev–Trinajstić information content (AvgIpc) is 3.01. The standard InChI is InChI=1S/C19H22N4O2/c1-14-8-9-16(15(2)12-14)25-13-19(24)20-10-5-7-18-22-21-17-6-3-4-11-23(17)18/h3-4,6,8-9,11-12H,5,7,10,13H2,1-2H3,(H,20,24). The maximum absolute atomic E-state index is 11.9. The smallest absolute Gasteiger partial charge is 0.257 e. The van der Waals surface area contributed by atoms with Gasteiger partial charge in [0.25, 0.3) is 5.91 Å². The molecule has 2 heterocycles. The van der Waals surface area contributed by atoms with Gasteiger partial charge in [0.05, 0.1) is 0 Å². The first-order chi connectivity index (χ1) is 12.1. The maximum atomic E-state index is 11.9. The highest BCUT2D eigenvalue weighted by Gasteiger charge is 2.07. The molecule has 6 nitrogen and oxygen atoms in total. The van der Waals surface area contributed by atoms with E-state index in [0.29, 0.717) is 6.54 Å². The predicted molar refractivity (Wildman–Crippen MR) is 95.7 cm³/mol. The van der Waals surface area contributed by atoms with Crippen molar-refractivity contribution in [1.82, 2.24) is 19.9 Å². The van der Waals surface area contributed by atoms with E-state index >= 15 is 0 Å². The molecule has 3 aromatic rings. The van der Waals surface area contributed by atoms with Crippen molar-refractivity contribution in [1.29, 1.82) is 0 Å². The fraction of sp³-hybridized carbons (Fsp3) is 0.316. The van der Waals surface area contributed by atoms with Crippen LogP contribution in [0.25, 0.3) is 5.65 Å². The number of rotatable bonds is 7. The van der Waals surface area contributed by atoms with E-state index in [1.165, 1.54) is 5.56 Å². The van der Waals surface area contributed by atoms with E-state index < -0.39 is 0 Å². The fourth-order valence-electron chi connectivity index (χ4n) is 2.69. The number of nitrogens with zero attached hydrogens (tertiary/aromatic N) is 3. The summed E-state index contributed by atoms with van der Waals surface area (Å²) in [4.78, 5) is 11.9. The van der Waals surface area contributed by atoms with Gasteiger partial charge in [0.15, 0.2) is 12.3 Å². The third kappa shape index (κ3) is 4.35. The number of nitrogens with one attached hydrogen (secondary N) is 1. The SMILES string of the molecule is Cc1ccc(OCC(=O)NCCCc2nnc3ccccn23)c(C)c1. The van der Waals surface area contributed by atoms with Gasteiger partial charge in [-0.25, -0.2) is 0 Å². The third-order valence-electron chi connectivity index (χ3n) is 3.97. The lowest BCUT2D eigenvalue weighted by Crippen LogP contribution is -2.30. The van der Waals surface area contributed by atoms with Gasteiger partial charge < -0.3 is 10.1 Å². The molecular weight excluding hydrogens is 316 g/mol. The molecule has 25 heavy (non-hydrogen) atoms. The second-order valence-electron chi connectivity index (χ2n) is 6.06. The van der Waals surface area contributed by atoms with Crippen molar-refractivity contribution in [3.63, 3.8) is 0 Å². The molecule has 0 radical (unpaired) electrons. The number of fused-ring (bicyclic) bond motifs is 1. The van der Waals surface area contributed by atoms with Gasteiger partial charge >= 0.3 is 0 Å². The average molecular weight is 338 g/mol. The Bertz CT molecular complexity index is 873. The monoisotopic (exact) mass is 338 g/mol. The van der Waals surface area contributed by atoms with E-state index in [2.05, 4.69) is 15.5 Å². The van der Waals surface area contributed by atoms with Gasteiger partial charge in [-0.15, -0.1) is 10.2 Å². The van der Waals surface area contributed by atoms with Crippen molar-refractivity contribution in [2.75, 3.05) is 13.2 Å². The van der Waals surface area contributed by atoms with Crippen molar-refractivity contribution >= 4 is 11.6 Å². The molecule has 6 heteroatoms. The van der Waals surface area contributed by atoms with Crippen molar-refractivity contribution < 1.29 is 9.53 Å². The second-order valence-corrected chi connectivity index (χ2v) is 6.06. The molecule has 0 bridgehead atoms. The molecule has 0 saturated heterocycles. The van der Waals surface area contributed by atoms with Crippen LogP contribution in [0.3, 0.4) is 0 Å². The summed E-state index contributed by atoms with van der Waals surface area (Å²) in [6.45, 7) is 4.61. The first-order valence-electron chi connectivity index (χ1n) is 8.39. The van der Waals surface area contributed by atoms with Crippen LogP contribution in [0.4, 0.5) is 0 Å². The highest BCUT2D eigenvalue weighted by atomic mass is 16.5. The molecule has 0 atom stereocenters. The van der Waals surface area contributed by atoms with Gasteiger partial charge in [-0.05, 0) is 44.0 Å². The molecular formula is C19H22N4O2. The summed E-state index contributed by atoms with van der Waals surface area (Å²) in [7, 11) is 0. The summed E-state index contributed by atoms with van der Waals surface area (Å²) in [5.41, 5.74) is 3.05. The Labute approximate surface area is 146 Å². The van der Waals surface area contributed by atoms with E-state index in [1.807, 2.05) is 60.8 Å². The van der Waals surface area contributed by atoms with Crippen molar-refractivity contribution in [3.05, 3.63) is 59.5 Å². The van der Waals surface area contributed by atoms with Gasteiger partial charge in [0.2, 0.25) is 0 Å². The van der Waals surface area contributed by atoms with E-state index in [9.17, 15) is 4.79 Å². The highest BCUT2D eigenvalue weighted by Crippen LogP contribution is 2.18. The lowest BCUT2D eigenvalue weighted by molar-refractivity contribution is -0.123. The Morgan fingerprint density at radius 1 is 1.20 bits per heavy atom. The summed E-state index contributed by atoms with van der Waals surface area (Å²) >= 11 is 0. The van der Waals surface area contributed by atoms with Gasteiger partial charge in [-0.3, -0.25) is 9.20 Å². The van der Waals surface area contributed by atoms with Gasteiger partial charge in [-0.2, -0.15) is 0 Å².